The highest BCUT2D eigenvalue weighted by molar-refractivity contribution is 5.77. The fraction of sp³-hybridized carbons (Fsp3) is 0.0588. The van der Waals surface area contributed by atoms with Gasteiger partial charge in [0.15, 0.2) is 0 Å². The maximum absolute atomic E-state index is 13.2. The minimum atomic E-state index is -0.266. The zero-order valence-corrected chi connectivity index (χ0v) is 12.1. The van der Waals surface area contributed by atoms with Crippen LogP contribution in [0.5, 0.6) is 0 Å². The van der Waals surface area contributed by atoms with Gasteiger partial charge in [-0.05, 0) is 41.5 Å². The molecule has 114 valence electrons. The fourth-order valence-corrected chi connectivity index (χ4v) is 2.70. The molecule has 0 saturated heterocycles. The van der Waals surface area contributed by atoms with Crippen molar-refractivity contribution in [2.75, 3.05) is 11.1 Å². The van der Waals surface area contributed by atoms with Crippen LogP contribution in [0.3, 0.4) is 0 Å². The van der Waals surface area contributed by atoms with Crippen LogP contribution in [-0.2, 0) is 0 Å². The van der Waals surface area contributed by atoms with E-state index in [1.807, 2.05) is 36.4 Å². The molecule has 1 aliphatic heterocycles. The van der Waals surface area contributed by atoms with Crippen LogP contribution in [0.25, 0.3) is 5.70 Å². The number of nitrogen functional groups attached to an aromatic ring is 1. The number of aromatic nitrogens is 3. The minimum Gasteiger partial charge on any atom is -0.366 e. The Labute approximate surface area is 132 Å². The Kier molecular flexibility index (Phi) is 3.08. The van der Waals surface area contributed by atoms with Crippen LogP contribution in [0.4, 0.5) is 16.3 Å². The van der Waals surface area contributed by atoms with Gasteiger partial charge in [-0.3, -0.25) is 0 Å². The summed E-state index contributed by atoms with van der Waals surface area (Å²) < 4.78 is 14.9. The van der Waals surface area contributed by atoms with Crippen LogP contribution in [-0.4, -0.2) is 14.8 Å². The Morgan fingerprint density at radius 2 is 1.78 bits per heavy atom. The van der Waals surface area contributed by atoms with Gasteiger partial charge in [-0.1, -0.05) is 30.3 Å². The molecule has 0 amide bonds. The molecular weight excluding hydrogens is 293 g/mol. The van der Waals surface area contributed by atoms with Crippen molar-refractivity contribution >= 4 is 17.6 Å². The lowest BCUT2D eigenvalue weighted by Crippen LogP contribution is -2.20. The number of hydrogen-bond acceptors (Lipinski definition) is 4. The van der Waals surface area contributed by atoms with Gasteiger partial charge in [0.25, 0.3) is 0 Å². The van der Waals surface area contributed by atoms with E-state index in [2.05, 4.69) is 15.4 Å². The summed E-state index contributed by atoms with van der Waals surface area (Å²) in [6.07, 6.45) is 2.03. The molecule has 3 aromatic rings. The van der Waals surface area contributed by atoms with E-state index in [1.54, 1.807) is 16.8 Å². The minimum absolute atomic E-state index is 0.127. The molecular formula is C17H14FN5. The van der Waals surface area contributed by atoms with Crippen LogP contribution in [0.2, 0.25) is 0 Å². The molecule has 0 radical (unpaired) electrons. The molecule has 1 aliphatic rings. The van der Waals surface area contributed by atoms with E-state index in [0.717, 1.165) is 16.8 Å². The van der Waals surface area contributed by atoms with E-state index in [-0.39, 0.29) is 17.8 Å². The molecule has 3 N–H and O–H groups in total. The second-order valence-electron chi connectivity index (χ2n) is 5.31. The summed E-state index contributed by atoms with van der Waals surface area (Å²) in [4.78, 5) is 4.22. The summed E-state index contributed by atoms with van der Waals surface area (Å²) in [7, 11) is 0. The lowest BCUT2D eigenvalue weighted by molar-refractivity contribution is 0.613. The number of anilines is 2. The Morgan fingerprint density at radius 3 is 2.52 bits per heavy atom. The smallest absolute Gasteiger partial charge is 0.241 e. The van der Waals surface area contributed by atoms with Crippen LogP contribution in [0.1, 0.15) is 17.2 Å². The van der Waals surface area contributed by atoms with E-state index in [9.17, 15) is 4.39 Å². The number of rotatable bonds is 2. The van der Waals surface area contributed by atoms with Gasteiger partial charge in [-0.15, -0.1) is 5.10 Å². The third-order valence-electron chi connectivity index (χ3n) is 3.78. The number of fused-ring (bicyclic) bond motifs is 1. The predicted octanol–water partition coefficient (Wildman–Crippen LogP) is 3.06. The van der Waals surface area contributed by atoms with Gasteiger partial charge < -0.3 is 11.1 Å². The van der Waals surface area contributed by atoms with Gasteiger partial charge in [0.2, 0.25) is 11.9 Å². The molecule has 0 spiro atoms. The number of allylic oxidation sites excluding steroid dienone is 1. The molecule has 0 unspecified atom stereocenters. The third kappa shape index (κ3) is 2.44. The summed E-state index contributed by atoms with van der Waals surface area (Å²) in [5.74, 6) is 0.512. The summed E-state index contributed by atoms with van der Waals surface area (Å²) in [6.45, 7) is 0. The molecule has 0 fully saturated rings. The van der Waals surface area contributed by atoms with Crippen molar-refractivity contribution in [1.82, 2.24) is 14.8 Å². The first-order valence-electron chi connectivity index (χ1n) is 7.22. The molecule has 6 heteroatoms. The first-order chi connectivity index (χ1) is 11.2. The Bertz CT molecular complexity index is 868. The Morgan fingerprint density at radius 1 is 1.04 bits per heavy atom. The summed E-state index contributed by atoms with van der Waals surface area (Å²) in [5.41, 5.74) is 8.54. The van der Waals surface area contributed by atoms with Crippen LogP contribution in [0, 0.1) is 5.82 Å². The van der Waals surface area contributed by atoms with Gasteiger partial charge in [0.1, 0.15) is 11.9 Å². The molecule has 1 atom stereocenters. The predicted molar refractivity (Wildman–Crippen MR) is 87.0 cm³/mol. The van der Waals surface area contributed by atoms with Crippen molar-refractivity contribution in [3.8, 4) is 0 Å². The van der Waals surface area contributed by atoms with Gasteiger partial charge in [0, 0.05) is 5.70 Å². The van der Waals surface area contributed by atoms with Gasteiger partial charge in [0.05, 0.1) is 0 Å². The van der Waals surface area contributed by atoms with Crippen LogP contribution < -0.4 is 11.1 Å². The quantitative estimate of drug-likeness (QED) is 0.763. The van der Waals surface area contributed by atoms with Crippen molar-refractivity contribution in [3.63, 3.8) is 0 Å². The number of hydrogen-bond donors (Lipinski definition) is 2. The third-order valence-corrected chi connectivity index (χ3v) is 3.78. The maximum atomic E-state index is 13.2. The number of benzene rings is 2. The summed E-state index contributed by atoms with van der Waals surface area (Å²) >= 11 is 0. The van der Waals surface area contributed by atoms with Crippen LogP contribution in [0.15, 0.2) is 60.7 Å². The molecule has 1 aromatic heterocycles. The Hall–Kier alpha value is -3.15. The second kappa shape index (κ2) is 5.24. The van der Waals surface area contributed by atoms with Gasteiger partial charge >= 0.3 is 0 Å². The topological polar surface area (TPSA) is 68.8 Å². The monoisotopic (exact) mass is 307 g/mol. The van der Waals surface area contributed by atoms with E-state index < -0.39 is 0 Å². The highest BCUT2D eigenvalue weighted by atomic mass is 19.1. The molecule has 5 nitrogen and oxygen atoms in total. The number of halogens is 1. The molecule has 2 aromatic carbocycles. The normalized spacial score (nSPS) is 16.4. The molecule has 2 heterocycles. The largest absolute Gasteiger partial charge is 0.366 e. The van der Waals surface area contributed by atoms with E-state index in [1.165, 1.54) is 12.1 Å². The average molecular weight is 307 g/mol. The second-order valence-corrected chi connectivity index (χ2v) is 5.31. The van der Waals surface area contributed by atoms with Gasteiger partial charge in [-0.25, -0.2) is 9.07 Å². The zero-order chi connectivity index (χ0) is 15.8. The molecule has 0 aliphatic carbocycles. The van der Waals surface area contributed by atoms with Gasteiger partial charge in [-0.2, -0.15) is 4.98 Å². The van der Waals surface area contributed by atoms with Crippen molar-refractivity contribution in [2.45, 2.75) is 6.04 Å². The first-order valence-corrected chi connectivity index (χ1v) is 7.22. The lowest BCUT2D eigenvalue weighted by atomic mass is 10.0. The Balaban J connectivity index is 1.82. The number of nitrogens with two attached hydrogens (primary N) is 1. The number of nitrogens with one attached hydrogen (secondary N) is 1. The van der Waals surface area contributed by atoms with Crippen molar-refractivity contribution < 1.29 is 4.39 Å². The SMILES string of the molecule is Nc1nc2n(n1)[C@H](c1ccccc1)C=C(c1ccc(F)cc1)N2. The molecule has 0 bridgehead atoms. The van der Waals surface area contributed by atoms with Crippen LogP contribution >= 0.6 is 0 Å². The molecule has 4 rings (SSSR count). The highest BCUT2D eigenvalue weighted by Crippen LogP contribution is 2.32. The molecule has 0 saturated carbocycles. The van der Waals surface area contributed by atoms with Crippen molar-refractivity contribution in [1.29, 1.82) is 0 Å². The van der Waals surface area contributed by atoms with Crippen molar-refractivity contribution in [3.05, 3.63) is 77.6 Å². The van der Waals surface area contributed by atoms with E-state index in [4.69, 9.17) is 5.73 Å². The standard InChI is InChI=1S/C17H14FN5/c18-13-8-6-11(7-9-13)14-10-15(12-4-2-1-3-5-12)23-17(20-14)21-16(19)22-23/h1-10,15H,(H3,19,20,21,22)/t15-/m0/s1. The molecule has 23 heavy (non-hydrogen) atoms. The first kappa shape index (κ1) is 13.5. The summed E-state index contributed by atoms with van der Waals surface area (Å²) in [5, 5.41) is 7.47. The van der Waals surface area contributed by atoms with E-state index >= 15 is 0 Å². The average Bonchev–Trinajstić information content (AvgIpc) is 2.95. The lowest BCUT2D eigenvalue weighted by Gasteiger charge is -2.24. The maximum Gasteiger partial charge on any atom is 0.241 e. The number of nitrogens with zero attached hydrogens (tertiary/aromatic N) is 3. The fourth-order valence-electron chi connectivity index (χ4n) is 2.70. The zero-order valence-electron chi connectivity index (χ0n) is 12.1. The highest BCUT2D eigenvalue weighted by Gasteiger charge is 2.24. The van der Waals surface area contributed by atoms with E-state index in [0.29, 0.717) is 5.95 Å². The summed E-state index contributed by atoms with van der Waals surface area (Å²) in [6, 6.07) is 16.2. The van der Waals surface area contributed by atoms with Crippen molar-refractivity contribution in [2.24, 2.45) is 0 Å².